The molecule has 7 nitrogen and oxygen atoms in total. The highest BCUT2D eigenvalue weighted by Gasteiger charge is 2.21. The molecule has 188 valence electrons. The van der Waals surface area contributed by atoms with Gasteiger partial charge in [0, 0.05) is 35.0 Å². The van der Waals surface area contributed by atoms with Gasteiger partial charge in [-0.2, -0.15) is 4.98 Å². The number of aryl methyl sites for hydroxylation is 3. The molecule has 0 radical (unpaired) electrons. The van der Waals surface area contributed by atoms with Crippen LogP contribution in [0.2, 0.25) is 0 Å². The first kappa shape index (κ1) is 25.3. The lowest BCUT2D eigenvalue weighted by molar-refractivity contribution is 0.106. The maximum atomic E-state index is 10.2. The number of hydrogen-bond acceptors (Lipinski definition) is 7. The van der Waals surface area contributed by atoms with Gasteiger partial charge in [-0.3, -0.25) is 4.98 Å². The van der Waals surface area contributed by atoms with E-state index in [2.05, 4.69) is 36.5 Å². The Morgan fingerprint density at radius 3 is 2.63 bits per heavy atom. The summed E-state index contributed by atoms with van der Waals surface area (Å²) < 4.78 is 11.7. The first-order valence-corrected chi connectivity index (χ1v) is 13.0. The second kappa shape index (κ2) is 11.8. The number of aliphatic hydroxyl groups is 1. The van der Waals surface area contributed by atoms with E-state index < -0.39 is 6.10 Å². The smallest absolute Gasteiger partial charge is 0.258 e. The standard InChI is InChI=1S/C28H38N4O3/c1-5-11-29-16-24(33)17-34-26-18(3)12-22(14-20(26)6-2)27-31-28(35-32-27)23-13-19(4)30-25(15-23)21-9-7-8-10-21/h12-15,21,24,29,33H,5-11,16-17H2,1-4H3/t24-/m0/s1. The average Bonchev–Trinajstić information content (AvgIpc) is 3.55. The van der Waals surface area contributed by atoms with Crippen molar-refractivity contribution in [1.29, 1.82) is 0 Å². The Kier molecular flexibility index (Phi) is 8.52. The summed E-state index contributed by atoms with van der Waals surface area (Å²) in [6, 6.07) is 8.20. The number of aliphatic hydroxyl groups excluding tert-OH is 1. The van der Waals surface area contributed by atoms with Gasteiger partial charge in [0.15, 0.2) is 0 Å². The molecule has 4 rings (SSSR count). The zero-order chi connectivity index (χ0) is 24.8. The normalized spacial score (nSPS) is 15.0. The van der Waals surface area contributed by atoms with Crippen LogP contribution in [0.5, 0.6) is 5.75 Å². The van der Waals surface area contributed by atoms with Gasteiger partial charge in [-0.1, -0.05) is 31.8 Å². The molecule has 0 unspecified atom stereocenters. The van der Waals surface area contributed by atoms with Crippen LogP contribution in [0.15, 0.2) is 28.8 Å². The number of pyridine rings is 1. The van der Waals surface area contributed by atoms with Crippen molar-refractivity contribution in [2.45, 2.75) is 78.2 Å². The summed E-state index contributed by atoms with van der Waals surface area (Å²) in [6.07, 6.45) is 6.22. The molecule has 0 saturated heterocycles. The number of hydrogen-bond donors (Lipinski definition) is 2. The predicted octanol–water partition coefficient (Wildman–Crippen LogP) is 5.37. The zero-order valence-electron chi connectivity index (χ0n) is 21.4. The summed E-state index contributed by atoms with van der Waals surface area (Å²) in [6.45, 7) is 9.89. The van der Waals surface area contributed by atoms with E-state index in [1.165, 1.54) is 25.7 Å². The third-order valence-electron chi connectivity index (χ3n) is 6.64. The van der Waals surface area contributed by atoms with Crippen LogP contribution < -0.4 is 10.1 Å². The highest BCUT2D eigenvalue weighted by molar-refractivity contribution is 5.64. The van der Waals surface area contributed by atoms with Crippen molar-refractivity contribution in [3.63, 3.8) is 0 Å². The topological polar surface area (TPSA) is 93.3 Å². The fourth-order valence-electron chi connectivity index (χ4n) is 4.84. The zero-order valence-corrected chi connectivity index (χ0v) is 21.4. The first-order chi connectivity index (χ1) is 17.0. The van der Waals surface area contributed by atoms with Crippen molar-refractivity contribution in [2.75, 3.05) is 19.7 Å². The second-order valence-corrected chi connectivity index (χ2v) is 9.63. The lowest BCUT2D eigenvalue weighted by Gasteiger charge is -2.17. The summed E-state index contributed by atoms with van der Waals surface area (Å²) >= 11 is 0. The molecule has 35 heavy (non-hydrogen) atoms. The van der Waals surface area contributed by atoms with Gasteiger partial charge >= 0.3 is 0 Å². The Morgan fingerprint density at radius 2 is 1.89 bits per heavy atom. The molecule has 1 saturated carbocycles. The first-order valence-electron chi connectivity index (χ1n) is 13.0. The Labute approximate surface area is 208 Å². The Morgan fingerprint density at radius 1 is 1.09 bits per heavy atom. The minimum atomic E-state index is -0.553. The molecule has 1 atom stereocenters. The minimum Gasteiger partial charge on any atom is -0.490 e. The summed E-state index contributed by atoms with van der Waals surface area (Å²) in [4.78, 5) is 9.50. The number of nitrogens with zero attached hydrogens (tertiary/aromatic N) is 3. The molecule has 0 bridgehead atoms. The number of aromatic nitrogens is 3. The lowest BCUT2D eigenvalue weighted by atomic mass is 10.0. The van der Waals surface area contributed by atoms with Crippen molar-refractivity contribution >= 4 is 0 Å². The summed E-state index contributed by atoms with van der Waals surface area (Å²) in [5.41, 5.74) is 5.98. The van der Waals surface area contributed by atoms with E-state index in [1.54, 1.807) is 0 Å². The molecule has 1 fully saturated rings. The van der Waals surface area contributed by atoms with E-state index in [0.29, 0.717) is 24.2 Å². The van der Waals surface area contributed by atoms with Crippen molar-refractivity contribution in [3.05, 3.63) is 46.8 Å². The number of benzene rings is 1. The van der Waals surface area contributed by atoms with Crippen LogP contribution in [0.4, 0.5) is 0 Å². The molecule has 2 heterocycles. The van der Waals surface area contributed by atoms with Gasteiger partial charge in [0.25, 0.3) is 5.89 Å². The highest BCUT2D eigenvalue weighted by Crippen LogP contribution is 2.35. The van der Waals surface area contributed by atoms with E-state index in [4.69, 9.17) is 19.2 Å². The Balaban J connectivity index is 1.52. The Hall–Kier alpha value is -2.77. The molecule has 0 spiro atoms. The SMILES string of the molecule is CCCNC[C@H](O)COc1c(C)cc(-c2noc(-c3cc(C)nc(C4CCCC4)c3)n2)cc1CC. The maximum Gasteiger partial charge on any atom is 0.258 e. The number of nitrogens with one attached hydrogen (secondary N) is 1. The molecule has 0 amide bonds. The maximum absolute atomic E-state index is 10.2. The van der Waals surface area contributed by atoms with Crippen LogP contribution in [0.25, 0.3) is 22.8 Å². The van der Waals surface area contributed by atoms with Gasteiger partial charge in [0.2, 0.25) is 5.82 Å². The van der Waals surface area contributed by atoms with Crippen molar-refractivity contribution < 1.29 is 14.4 Å². The third kappa shape index (κ3) is 6.27. The monoisotopic (exact) mass is 478 g/mol. The second-order valence-electron chi connectivity index (χ2n) is 9.63. The van der Waals surface area contributed by atoms with Gasteiger partial charge in [-0.05, 0) is 81.5 Å². The summed E-state index contributed by atoms with van der Waals surface area (Å²) in [5.74, 6) is 2.42. The fourth-order valence-corrected chi connectivity index (χ4v) is 4.84. The van der Waals surface area contributed by atoms with Crippen LogP contribution in [0, 0.1) is 13.8 Å². The largest absolute Gasteiger partial charge is 0.490 e. The van der Waals surface area contributed by atoms with Crippen LogP contribution in [0.3, 0.4) is 0 Å². The van der Waals surface area contributed by atoms with Crippen molar-refractivity contribution in [1.82, 2.24) is 20.4 Å². The molecule has 1 aliphatic carbocycles. The quantitative estimate of drug-likeness (QED) is 0.358. The third-order valence-corrected chi connectivity index (χ3v) is 6.64. The molecule has 3 aromatic rings. The molecule has 7 heteroatoms. The van der Waals surface area contributed by atoms with Gasteiger partial charge in [-0.15, -0.1) is 0 Å². The van der Waals surface area contributed by atoms with Crippen LogP contribution in [-0.4, -0.2) is 46.0 Å². The van der Waals surface area contributed by atoms with Gasteiger partial charge < -0.3 is 19.7 Å². The van der Waals surface area contributed by atoms with Crippen LogP contribution in [0.1, 0.15) is 74.4 Å². The van der Waals surface area contributed by atoms with Crippen LogP contribution >= 0.6 is 0 Å². The molecule has 0 aliphatic heterocycles. The summed E-state index contributed by atoms with van der Waals surface area (Å²) in [5, 5.41) is 17.7. The lowest BCUT2D eigenvalue weighted by Crippen LogP contribution is -2.32. The van der Waals surface area contributed by atoms with E-state index in [1.807, 2.05) is 26.0 Å². The van der Waals surface area contributed by atoms with E-state index >= 15 is 0 Å². The van der Waals surface area contributed by atoms with Crippen molar-refractivity contribution in [3.8, 4) is 28.6 Å². The molecule has 1 aliphatic rings. The Bertz CT molecular complexity index is 1120. The van der Waals surface area contributed by atoms with Crippen molar-refractivity contribution in [2.24, 2.45) is 0 Å². The molecule has 2 N–H and O–H groups in total. The van der Waals surface area contributed by atoms with Crippen LogP contribution in [-0.2, 0) is 6.42 Å². The number of rotatable bonds is 11. The highest BCUT2D eigenvalue weighted by atomic mass is 16.5. The summed E-state index contributed by atoms with van der Waals surface area (Å²) in [7, 11) is 0. The van der Waals surface area contributed by atoms with Gasteiger partial charge in [-0.25, -0.2) is 0 Å². The van der Waals surface area contributed by atoms with E-state index in [0.717, 1.165) is 58.8 Å². The molecular formula is C28H38N4O3. The van der Waals surface area contributed by atoms with Gasteiger partial charge in [0.05, 0.1) is 0 Å². The average molecular weight is 479 g/mol. The molecule has 2 aromatic heterocycles. The van der Waals surface area contributed by atoms with E-state index in [9.17, 15) is 5.11 Å². The predicted molar refractivity (Wildman–Crippen MR) is 138 cm³/mol. The fraction of sp³-hybridized carbons (Fsp3) is 0.536. The van der Waals surface area contributed by atoms with Gasteiger partial charge in [0.1, 0.15) is 18.5 Å². The minimum absolute atomic E-state index is 0.251. The number of ether oxygens (including phenoxy) is 1. The molecular weight excluding hydrogens is 440 g/mol. The molecule has 1 aromatic carbocycles. The van der Waals surface area contributed by atoms with E-state index in [-0.39, 0.29) is 6.61 Å².